The van der Waals surface area contributed by atoms with Gasteiger partial charge in [-0.15, -0.1) is 5.10 Å². The van der Waals surface area contributed by atoms with Crippen LogP contribution in [-0.2, 0) is 7.05 Å². The first-order chi connectivity index (χ1) is 8.75. The first-order valence-corrected chi connectivity index (χ1v) is 6.79. The van der Waals surface area contributed by atoms with E-state index in [1.807, 2.05) is 34.6 Å². The second-order valence-electron chi connectivity index (χ2n) is 4.35. The monoisotopic (exact) mass is 263 g/mol. The Hall–Kier alpha value is -1.63. The van der Waals surface area contributed by atoms with E-state index < -0.39 is 0 Å². The molecule has 0 saturated heterocycles. The van der Waals surface area contributed by atoms with E-state index in [-0.39, 0.29) is 5.78 Å². The second-order valence-corrected chi connectivity index (χ2v) is 5.30. The highest BCUT2D eigenvalue weighted by atomic mass is 32.2. The van der Waals surface area contributed by atoms with Gasteiger partial charge in [0.1, 0.15) is 0 Å². The predicted molar refractivity (Wildman–Crippen MR) is 66.6 cm³/mol. The van der Waals surface area contributed by atoms with Crippen LogP contribution in [0.2, 0.25) is 0 Å². The van der Waals surface area contributed by atoms with E-state index in [0.717, 1.165) is 18.0 Å². The third-order valence-corrected chi connectivity index (χ3v) is 3.85. The maximum Gasteiger partial charge on any atom is 0.210 e. The minimum Gasteiger partial charge on any atom is -0.348 e. The third kappa shape index (κ3) is 2.17. The molecule has 1 saturated carbocycles. The summed E-state index contributed by atoms with van der Waals surface area (Å²) >= 11 is 1.40. The average molecular weight is 263 g/mol. The van der Waals surface area contributed by atoms with Gasteiger partial charge in [-0.25, -0.2) is 4.68 Å². The Labute approximate surface area is 108 Å². The van der Waals surface area contributed by atoms with Crippen LogP contribution in [0.4, 0.5) is 0 Å². The molecular weight excluding hydrogens is 250 g/mol. The number of tetrazole rings is 1. The van der Waals surface area contributed by atoms with E-state index in [0.29, 0.717) is 17.5 Å². The Morgan fingerprint density at radius 1 is 1.56 bits per heavy atom. The fourth-order valence-corrected chi connectivity index (χ4v) is 2.60. The highest BCUT2D eigenvalue weighted by molar-refractivity contribution is 7.99. The molecule has 2 aromatic heterocycles. The van der Waals surface area contributed by atoms with Crippen LogP contribution < -0.4 is 0 Å². The summed E-state index contributed by atoms with van der Waals surface area (Å²) in [6.45, 7) is 0. The summed E-state index contributed by atoms with van der Waals surface area (Å²) in [4.78, 5) is 12.0. The number of aromatic nitrogens is 5. The molecule has 2 aromatic rings. The summed E-state index contributed by atoms with van der Waals surface area (Å²) in [7, 11) is 1.87. The van der Waals surface area contributed by atoms with Crippen molar-refractivity contribution in [1.82, 2.24) is 24.8 Å². The molecule has 6 nitrogen and oxygen atoms in total. The molecular formula is C11H13N5OS. The smallest absolute Gasteiger partial charge is 0.210 e. The highest BCUT2D eigenvalue weighted by Gasteiger charge is 2.28. The van der Waals surface area contributed by atoms with E-state index >= 15 is 0 Å². The average Bonchev–Trinajstić information content (AvgIpc) is 2.94. The van der Waals surface area contributed by atoms with Crippen molar-refractivity contribution in [3.8, 4) is 0 Å². The molecule has 18 heavy (non-hydrogen) atoms. The van der Waals surface area contributed by atoms with E-state index in [2.05, 4.69) is 15.5 Å². The number of ketones is 1. The van der Waals surface area contributed by atoms with E-state index in [9.17, 15) is 4.79 Å². The van der Waals surface area contributed by atoms with Gasteiger partial charge in [0.05, 0.1) is 17.5 Å². The van der Waals surface area contributed by atoms with Crippen LogP contribution in [0.3, 0.4) is 0 Å². The van der Waals surface area contributed by atoms with Crippen LogP contribution in [-0.4, -0.2) is 36.3 Å². The van der Waals surface area contributed by atoms with Crippen molar-refractivity contribution >= 4 is 17.5 Å². The summed E-state index contributed by atoms with van der Waals surface area (Å²) < 4.78 is 3.65. The fraction of sp³-hybridized carbons (Fsp3) is 0.455. The summed E-state index contributed by atoms with van der Waals surface area (Å²) in [6.07, 6.45) is 4.13. The zero-order chi connectivity index (χ0) is 12.5. The molecule has 1 fully saturated rings. The summed E-state index contributed by atoms with van der Waals surface area (Å²) in [5, 5.41) is 12.3. The van der Waals surface area contributed by atoms with E-state index in [1.54, 1.807) is 0 Å². The van der Waals surface area contributed by atoms with Crippen LogP contribution in [0, 0.1) is 0 Å². The number of hydrogen-bond acceptors (Lipinski definition) is 5. The van der Waals surface area contributed by atoms with Crippen LogP contribution >= 0.6 is 11.8 Å². The van der Waals surface area contributed by atoms with Gasteiger partial charge in [-0.2, -0.15) is 0 Å². The largest absolute Gasteiger partial charge is 0.348 e. The van der Waals surface area contributed by atoms with Gasteiger partial charge in [0.2, 0.25) is 5.16 Å². The van der Waals surface area contributed by atoms with Crippen molar-refractivity contribution in [1.29, 1.82) is 0 Å². The van der Waals surface area contributed by atoms with Gasteiger partial charge < -0.3 is 4.57 Å². The Balaban J connectivity index is 1.66. The highest BCUT2D eigenvalue weighted by Crippen LogP contribution is 2.36. The van der Waals surface area contributed by atoms with Gasteiger partial charge >= 0.3 is 0 Å². The lowest BCUT2D eigenvalue weighted by molar-refractivity contribution is 0.101. The molecule has 2 heterocycles. The zero-order valence-corrected chi connectivity index (χ0v) is 10.8. The minimum atomic E-state index is 0.0952. The molecule has 0 bridgehead atoms. The predicted octanol–water partition coefficient (Wildman–Crippen LogP) is 1.32. The minimum absolute atomic E-state index is 0.0952. The van der Waals surface area contributed by atoms with Gasteiger partial charge in [0.15, 0.2) is 5.78 Å². The number of hydrogen-bond donors (Lipinski definition) is 0. The molecule has 1 aliphatic carbocycles. The molecule has 7 heteroatoms. The van der Waals surface area contributed by atoms with E-state index in [1.165, 1.54) is 11.8 Å². The Morgan fingerprint density at radius 3 is 3.06 bits per heavy atom. The number of aryl methyl sites for hydroxylation is 1. The molecule has 0 atom stereocenters. The molecule has 0 unspecified atom stereocenters. The maximum atomic E-state index is 12.0. The van der Waals surface area contributed by atoms with Gasteiger partial charge in [0, 0.05) is 13.2 Å². The van der Waals surface area contributed by atoms with Crippen LogP contribution in [0.5, 0.6) is 0 Å². The number of carbonyl (C=O) groups is 1. The summed E-state index contributed by atoms with van der Waals surface area (Å²) in [5.74, 6) is 0.461. The molecule has 0 radical (unpaired) electrons. The first-order valence-electron chi connectivity index (χ1n) is 5.81. The van der Waals surface area contributed by atoms with Crippen molar-refractivity contribution in [2.45, 2.75) is 24.0 Å². The molecule has 0 amide bonds. The number of nitrogens with zero attached hydrogens (tertiary/aromatic N) is 5. The normalized spacial score (nSPS) is 14.9. The van der Waals surface area contributed by atoms with Crippen molar-refractivity contribution in [2.75, 3.05) is 5.75 Å². The van der Waals surface area contributed by atoms with Gasteiger partial charge in [-0.05, 0) is 35.4 Å². The maximum absolute atomic E-state index is 12.0. The molecule has 0 N–H and O–H groups in total. The van der Waals surface area contributed by atoms with Crippen molar-refractivity contribution in [3.05, 3.63) is 24.0 Å². The van der Waals surface area contributed by atoms with Crippen LogP contribution in [0.15, 0.2) is 23.5 Å². The SMILES string of the molecule is Cn1cccc1C(=O)CSc1nnnn1C1CC1. The standard InChI is InChI=1S/C11H13N5OS/c1-15-6-2-3-9(15)10(17)7-18-11-12-13-14-16(11)8-4-5-8/h2-3,6,8H,4-5,7H2,1H3. The molecule has 1 aliphatic rings. The summed E-state index contributed by atoms with van der Waals surface area (Å²) in [6, 6.07) is 4.13. The Morgan fingerprint density at radius 2 is 2.39 bits per heavy atom. The third-order valence-electron chi connectivity index (χ3n) is 2.92. The molecule has 0 spiro atoms. The number of rotatable bonds is 5. The van der Waals surface area contributed by atoms with Crippen molar-refractivity contribution < 1.29 is 4.79 Å². The van der Waals surface area contributed by atoms with E-state index in [4.69, 9.17) is 0 Å². The lowest BCUT2D eigenvalue weighted by atomic mass is 10.3. The van der Waals surface area contributed by atoms with Crippen molar-refractivity contribution in [2.24, 2.45) is 7.05 Å². The van der Waals surface area contributed by atoms with Gasteiger partial charge in [0.25, 0.3) is 0 Å². The molecule has 3 rings (SSSR count). The number of carbonyl (C=O) groups excluding carboxylic acids is 1. The topological polar surface area (TPSA) is 65.6 Å². The molecule has 94 valence electrons. The number of thioether (sulfide) groups is 1. The lowest BCUT2D eigenvalue weighted by Crippen LogP contribution is -2.09. The first kappa shape index (κ1) is 11.5. The molecule has 0 aliphatic heterocycles. The van der Waals surface area contributed by atoms with Gasteiger partial charge in [-0.3, -0.25) is 4.79 Å². The van der Waals surface area contributed by atoms with Gasteiger partial charge in [-0.1, -0.05) is 11.8 Å². The fourth-order valence-electron chi connectivity index (χ4n) is 1.78. The van der Waals surface area contributed by atoms with Crippen LogP contribution in [0.1, 0.15) is 29.4 Å². The summed E-state index contributed by atoms with van der Waals surface area (Å²) in [5.41, 5.74) is 0.716. The van der Waals surface area contributed by atoms with Crippen molar-refractivity contribution in [3.63, 3.8) is 0 Å². The lowest BCUT2D eigenvalue weighted by Gasteiger charge is -2.03. The quantitative estimate of drug-likeness (QED) is 0.601. The second kappa shape index (κ2) is 4.56. The van der Waals surface area contributed by atoms with Crippen LogP contribution in [0.25, 0.3) is 0 Å². The zero-order valence-electron chi connectivity index (χ0n) is 9.98. The molecule has 0 aromatic carbocycles. The number of Topliss-reactive ketones (excluding diaryl/α,β-unsaturated/α-hetero) is 1. The Kier molecular flexibility index (Phi) is 2.91. The Bertz CT molecular complexity index is 572.